The third kappa shape index (κ3) is 6.69. The van der Waals surface area contributed by atoms with Gasteiger partial charge in [0.1, 0.15) is 10.9 Å². The van der Waals surface area contributed by atoms with E-state index in [0.717, 1.165) is 17.1 Å². The van der Waals surface area contributed by atoms with Crippen molar-refractivity contribution >= 4 is 57.0 Å². The number of thioether (sulfide) groups is 1. The lowest BCUT2D eigenvalue weighted by atomic mass is 10.2. The van der Waals surface area contributed by atoms with E-state index in [0.29, 0.717) is 16.7 Å². The standard InChI is InChI=1S/C17H17N3O4S2/c1-12(21)24-10-11-26-17(25)19-15-4-2-13(3-5-15)18-14-6-8-16(9-7-14)20(22)23/h2-9,18H,10-11H2,1H3,(H,19,25). The van der Waals surface area contributed by atoms with Crippen molar-refractivity contribution in [3.63, 3.8) is 0 Å². The number of hydrogen-bond donors (Lipinski definition) is 2. The summed E-state index contributed by atoms with van der Waals surface area (Å²) in [5.41, 5.74) is 2.49. The van der Waals surface area contributed by atoms with Crippen LogP contribution in [0.2, 0.25) is 0 Å². The Hall–Kier alpha value is -2.65. The number of ether oxygens (including phenoxy) is 1. The van der Waals surface area contributed by atoms with Gasteiger partial charge in [0.2, 0.25) is 0 Å². The van der Waals surface area contributed by atoms with Crippen molar-refractivity contribution in [2.45, 2.75) is 6.92 Å². The van der Waals surface area contributed by atoms with E-state index in [4.69, 9.17) is 17.0 Å². The zero-order valence-electron chi connectivity index (χ0n) is 13.9. The van der Waals surface area contributed by atoms with Crippen molar-refractivity contribution < 1.29 is 14.5 Å². The Morgan fingerprint density at radius 1 is 1.12 bits per heavy atom. The number of benzene rings is 2. The molecule has 136 valence electrons. The van der Waals surface area contributed by atoms with Crippen LogP contribution in [0.15, 0.2) is 48.5 Å². The van der Waals surface area contributed by atoms with Crippen LogP contribution >= 0.6 is 24.0 Å². The molecule has 7 nitrogen and oxygen atoms in total. The van der Waals surface area contributed by atoms with Gasteiger partial charge in [-0.1, -0.05) is 24.0 Å². The van der Waals surface area contributed by atoms with Gasteiger partial charge < -0.3 is 15.4 Å². The van der Waals surface area contributed by atoms with Crippen LogP contribution in [0.4, 0.5) is 22.7 Å². The van der Waals surface area contributed by atoms with Gasteiger partial charge in [-0.25, -0.2) is 0 Å². The molecule has 0 saturated carbocycles. The molecule has 0 aliphatic rings. The fourth-order valence-electron chi connectivity index (χ4n) is 1.94. The highest BCUT2D eigenvalue weighted by atomic mass is 32.2. The van der Waals surface area contributed by atoms with Crippen molar-refractivity contribution in [1.82, 2.24) is 0 Å². The Morgan fingerprint density at radius 3 is 2.19 bits per heavy atom. The number of hydrogen-bond acceptors (Lipinski definition) is 7. The van der Waals surface area contributed by atoms with Crippen LogP contribution in [0, 0.1) is 10.1 Å². The third-order valence-corrected chi connectivity index (χ3v) is 4.31. The largest absolute Gasteiger partial charge is 0.465 e. The molecular formula is C17H17N3O4S2. The lowest BCUT2D eigenvalue weighted by Gasteiger charge is -2.10. The molecule has 2 aromatic rings. The molecule has 0 radical (unpaired) electrons. The van der Waals surface area contributed by atoms with Crippen LogP contribution in [-0.2, 0) is 9.53 Å². The molecular weight excluding hydrogens is 374 g/mol. The molecule has 2 aromatic carbocycles. The number of nitro benzene ring substituents is 1. The van der Waals surface area contributed by atoms with Gasteiger partial charge in [0, 0.05) is 41.9 Å². The normalized spacial score (nSPS) is 10.0. The van der Waals surface area contributed by atoms with Gasteiger partial charge in [-0.05, 0) is 36.4 Å². The summed E-state index contributed by atoms with van der Waals surface area (Å²) in [5, 5.41) is 16.9. The first-order chi connectivity index (χ1) is 12.4. The van der Waals surface area contributed by atoms with E-state index in [1.54, 1.807) is 12.1 Å². The van der Waals surface area contributed by atoms with Gasteiger partial charge in [0.15, 0.2) is 0 Å². The highest BCUT2D eigenvalue weighted by Gasteiger charge is 2.04. The topological polar surface area (TPSA) is 93.5 Å². The third-order valence-electron chi connectivity index (χ3n) is 3.12. The number of esters is 1. The lowest BCUT2D eigenvalue weighted by Crippen LogP contribution is -2.09. The van der Waals surface area contributed by atoms with E-state index in [1.807, 2.05) is 24.3 Å². The maximum Gasteiger partial charge on any atom is 0.302 e. The summed E-state index contributed by atoms with van der Waals surface area (Å²) in [6.07, 6.45) is 0. The van der Waals surface area contributed by atoms with Crippen molar-refractivity contribution in [3.8, 4) is 0 Å². The number of non-ortho nitro benzene ring substituents is 1. The fraction of sp³-hybridized carbons (Fsp3) is 0.176. The number of thiocarbonyl (C=S) groups is 1. The molecule has 0 bridgehead atoms. The van der Waals surface area contributed by atoms with Gasteiger partial charge in [0.05, 0.1) is 4.92 Å². The molecule has 2 N–H and O–H groups in total. The van der Waals surface area contributed by atoms with Crippen LogP contribution in [0.25, 0.3) is 0 Å². The van der Waals surface area contributed by atoms with Gasteiger partial charge in [-0.2, -0.15) is 0 Å². The minimum Gasteiger partial charge on any atom is -0.465 e. The second-order valence-corrected chi connectivity index (χ2v) is 6.88. The summed E-state index contributed by atoms with van der Waals surface area (Å²) in [6, 6.07) is 13.7. The summed E-state index contributed by atoms with van der Waals surface area (Å²) in [7, 11) is 0. The molecule has 2 rings (SSSR count). The smallest absolute Gasteiger partial charge is 0.302 e. The quantitative estimate of drug-likeness (QED) is 0.237. The predicted octanol–water partition coefficient (Wildman–Crippen LogP) is 4.33. The minimum absolute atomic E-state index is 0.0508. The summed E-state index contributed by atoms with van der Waals surface area (Å²) >= 11 is 6.62. The van der Waals surface area contributed by atoms with E-state index in [9.17, 15) is 14.9 Å². The van der Waals surface area contributed by atoms with Crippen molar-refractivity contribution in [1.29, 1.82) is 0 Å². The number of nitrogens with zero attached hydrogens (tertiary/aromatic N) is 1. The second kappa shape index (κ2) is 9.73. The van der Waals surface area contributed by atoms with Gasteiger partial charge in [-0.3, -0.25) is 14.9 Å². The van der Waals surface area contributed by atoms with Crippen LogP contribution in [0.5, 0.6) is 0 Å². The Morgan fingerprint density at radius 2 is 1.65 bits per heavy atom. The number of rotatable bonds is 7. The lowest BCUT2D eigenvalue weighted by molar-refractivity contribution is -0.384. The highest BCUT2D eigenvalue weighted by Crippen LogP contribution is 2.22. The molecule has 9 heteroatoms. The molecule has 0 saturated heterocycles. The first-order valence-electron chi connectivity index (χ1n) is 7.63. The molecule has 0 spiro atoms. The molecule has 0 aromatic heterocycles. The van der Waals surface area contributed by atoms with E-state index in [1.165, 1.54) is 30.8 Å². The van der Waals surface area contributed by atoms with Gasteiger partial charge in [0.25, 0.3) is 5.69 Å². The van der Waals surface area contributed by atoms with Crippen molar-refractivity contribution in [3.05, 3.63) is 58.6 Å². The zero-order valence-corrected chi connectivity index (χ0v) is 15.6. The van der Waals surface area contributed by atoms with Crippen LogP contribution in [0.3, 0.4) is 0 Å². The van der Waals surface area contributed by atoms with Gasteiger partial charge >= 0.3 is 5.97 Å². The highest BCUT2D eigenvalue weighted by molar-refractivity contribution is 8.23. The first kappa shape index (κ1) is 19.7. The predicted molar refractivity (Wildman–Crippen MR) is 108 cm³/mol. The Labute approximate surface area is 160 Å². The molecule has 0 aliphatic carbocycles. The monoisotopic (exact) mass is 391 g/mol. The summed E-state index contributed by atoms with van der Waals surface area (Å²) < 4.78 is 5.43. The number of anilines is 3. The van der Waals surface area contributed by atoms with Crippen LogP contribution in [-0.4, -0.2) is 27.6 Å². The van der Waals surface area contributed by atoms with E-state index >= 15 is 0 Å². The fourth-order valence-corrected chi connectivity index (χ4v) is 2.85. The number of carbonyl (C=O) groups excluding carboxylic acids is 1. The summed E-state index contributed by atoms with van der Waals surface area (Å²) in [5.74, 6) is 0.283. The SMILES string of the molecule is CC(=O)OCCSC(=S)Nc1ccc(Nc2ccc([N+](=O)[O-])cc2)cc1. The maximum atomic E-state index is 10.7. The zero-order chi connectivity index (χ0) is 18.9. The minimum atomic E-state index is -0.433. The average Bonchev–Trinajstić information content (AvgIpc) is 2.61. The number of nitro groups is 1. The summed E-state index contributed by atoms with van der Waals surface area (Å²) in [4.78, 5) is 20.9. The van der Waals surface area contributed by atoms with E-state index in [2.05, 4.69) is 10.6 Å². The molecule has 0 heterocycles. The second-order valence-electron chi connectivity index (χ2n) is 5.11. The van der Waals surface area contributed by atoms with E-state index in [-0.39, 0.29) is 11.7 Å². The molecule has 0 atom stereocenters. The number of carbonyl (C=O) groups is 1. The van der Waals surface area contributed by atoms with Crippen molar-refractivity contribution in [2.24, 2.45) is 0 Å². The molecule has 0 unspecified atom stereocenters. The van der Waals surface area contributed by atoms with Crippen molar-refractivity contribution in [2.75, 3.05) is 23.0 Å². The van der Waals surface area contributed by atoms with E-state index < -0.39 is 4.92 Å². The Balaban J connectivity index is 1.82. The first-order valence-corrected chi connectivity index (χ1v) is 9.02. The molecule has 0 aliphatic heterocycles. The summed E-state index contributed by atoms with van der Waals surface area (Å²) in [6.45, 7) is 1.69. The molecule has 0 amide bonds. The Bertz CT molecular complexity index is 780. The number of nitrogens with one attached hydrogen (secondary N) is 2. The van der Waals surface area contributed by atoms with Gasteiger partial charge in [-0.15, -0.1) is 0 Å². The molecule has 26 heavy (non-hydrogen) atoms. The maximum absolute atomic E-state index is 10.7. The van der Waals surface area contributed by atoms with Crippen LogP contribution in [0.1, 0.15) is 6.92 Å². The molecule has 0 fully saturated rings. The van der Waals surface area contributed by atoms with Crippen LogP contribution < -0.4 is 10.6 Å². The Kier molecular flexibility index (Phi) is 7.37. The average molecular weight is 391 g/mol.